The van der Waals surface area contributed by atoms with E-state index in [1.165, 1.54) is 11.8 Å². The molecule has 1 N–H and O–H groups in total. The fourth-order valence-corrected chi connectivity index (χ4v) is 3.75. The van der Waals surface area contributed by atoms with Crippen LogP contribution in [0.15, 0.2) is 66.3 Å². The van der Waals surface area contributed by atoms with Gasteiger partial charge >= 0.3 is 0 Å². The molecule has 6 nitrogen and oxygen atoms in total. The van der Waals surface area contributed by atoms with Gasteiger partial charge in [0.1, 0.15) is 5.75 Å². The second-order valence-corrected chi connectivity index (χ2v) is 7.91. The molecule has 0 saturated carbocycles. The van der Waals surface area contributed by atoms with Gasteiger partial charge in [-0.3, -0.25) is 9.36 Å². The lowest BCUT2D eigenvalue weighted by atomic mass is 10.2. The van der Waals surface area contributed by atoms with Crippen LogP contribution in [0, 0.1) is 6.92 Å². The molecule has 0 fully saturated rings. The van der Waals surface area contributed by atoms with Crippen LogP contribution in [0.3, 0.4) is 0 Å². The minimum atomic E-state index is -0.308. The highest BCUT2D eigenvalue weighted by molar-refractivity contribution is 7.99. The minimum Gasteiger partial charge on any atom is -0.483 e. The molecule has 0 radical (unpaired) electrons. The molecular formula is C22H23ClN4O2S. The summed E-state index contributed by atoms with van der Waals surface area (Å²) >= 11 is 7.43. The van der Waals surface area contributed by atoms with Crippen molar-refractivity contribution in [1.29, 1.82) is 0 Å². The molecular weight excluding hydrogens is 420 g/mol. The highest BCUT2D eigenvalue weighted by Gasteiger charge is 2.20. The van der Waals surface area contributed by atoms with Crippen molar-refractivity contribution in [2.75, 3.05) is 11.1 Å². The Morgan fingerprint density at radius 2 is 2.03 bits per heavy atom. The average molecular weight is 443 g/mol. The average Bonchev–Trinajstić information content (AvgIpc) is 3.14. The Morgan fingerprint density at radius 3 is 2.77 bits per heavy atom. The van der Waals surface area contributed by atoms with E-state index >= 15 is 0 Å². The Hall–Kier alpha value is -2.77. The number of thioether (sulfide) groups is 1. The zero-order valence-corrected chi connectivity index (χ0v) is 18.4. The number of aromatic nitrogens is 3. The van der Waals surface area contributed by atoms with Gasteiger partial charge in [0.05, 0.1) is 5.75 Å². The third-order valence-electron chi connectivity index (χ3n) is 4.35. The molecule has 156 valence electrons. The lowest BCUT2D eigenvalue weighted by Gasteiger charge is -2.15. The molecule has 1 atom stereocenters. The second kappa shape index (κ2) is 10.3. The zero-order chi connectivity index (χ0) is 21.5. The Bertz CT molecular complexity index is 1020. The van der Waals surface area contributed by atoms with E-state index in [2.05, 4.69) is 22.1 Å². The summed E-state index contributed by atoms with van der Waals surface area (Å²) in [7, 11) is 0. The molecule has 2 aromatic carbocycles. The molecule has 0 spiro atoms. The van der Waals surface area contributed by atoms with Gasteiger partial charge in [-0.2, -0.15) is 0 Å². The van der Waals surface area contributed by atoms with Crippen LogP contribution in [0.4, 0.5) is 5.69 Å². The Labute approximate surface area is 185 Å². The summed E-state index contributed by atoms with van der Waals surface area (Å²) in [5, 5.41) is 12.7. The molecule has 0 unspecified atom stereocenters. The first-order chi connectivity index (χ1) is 14.5. The summed E-state index contributed by atoms with van der Waals surface area (Å²) < 4.78 is 7.88. The Morgan fingerprint density at radius 1 is 1.27 bits per heavy atom. The van der Waals surface area contributed by atoms with E-state index in [9.17, 15) is 4.79 Å². The van der Waals surface area contributed by atoms with Crippen molar-refractivity contribution in [3.63, 3.8) is 0 Å². The SMILES string of the molecule is C=CCn1c(SCC(=O)Nc2cccc(Cl)c2C)nnc1[C@H](C)Oc1ccccc1. The van der Waals surface area contributed by atoms with Gasteiger partial charge in [-0.25, -0.2) is 0 Å². The van der Waals surface area contributed by atoms with E-state index in [1.807, 2.05) is 54.8 Å². The van der Waals surface area contributed by atoms with E-state index in [0.717, 1.165) is 11.3 Å². The zero-order valence-electron chi connectivity index (χ0n) is 16.8. The van der Waals surface area contributed by atoms with Crippen LogP contribution in [0.5, 0.6) is 5.75 Å². The smallest absolute Gasteiger partial charge is 0.234 e. The Kier molecular flexibility index (Phi) is 7.54. The standard InChI is InChI=1S/C22H23ClN4O2S/c1-4-13-27-21(16(3)29-17-9-6-5-7-10-17)25-26-22(27)30-14-20(28)24-19-12-8-11-18(23)15(19)2/h4-12,16H,1,13-14H2,2-3H3,(H,24,28)/t16-/m0/s1. The van der Waals surface area contributed by atoms with E-state index in [1.54, 1.807) is 18.2 Å². The highest BCUT2D eigenvalue weighted by atomic mass is 35.5. The monoisotopic (exact) mass is 442 g/mol. The number of para-hydroxylation sites is 1. The normalized spacial score (nSPS) is 11.7. The molecule has 0 bridgehead atoms. The number of halogens is 1. The maximum Gasteiger partial charge on any atom is 0.234 e. The summed E-state index contributed by atoms with van der Waals surface area (Å²) in [4.78, 5) is 12.4. The number of amides is 1. The molecule has 1 heterocycles. The maximum atomic E-state index is 12.4. The van der Waals surface area contributed by atoms with Gasteiger partial charge < -0.3 is 10.1 Å². The van der Waals surface area contributed by atoms with Crippen molar-refractivity contribution in [1.82, 2.24) is 14.8 Å². The number of anilines is 1. The van der Waals surface area contributed by atoms with Crippen molar-refractivity contribution in [2.24, 2.45) is 0 Å². The predicted molar refractivity (Wildman–Crippen MR) is 121 cm³/mol. The van der Waals surface area contributed by atoms with Gasteiger partial charge in [0.25, 0.3) is 0 Å². The van der Waals surface area contributed by atoms with Crippen LogP contribution in [0.2, 0.25) is 5.02 Å². The fraction of sp³-hybridized carbons (Fsp3) is 0.227. The number of ether oxygens (including phenoxy) is 1. The number of benzene rings is 2. The van der Waals surface area contributed by atoms with Gasteiger partial charge in [0, 0.05) is 17.3 Å². The topological polar surface area (TPSA) is 69.0 Å². The summed E-state index contributed by atoms with van der Waals surface area (Å²) in [6.45, 7) is 8.11. The summed E-state index contributed by atoms with van der Waals surface area (Å²) in [5.74, 6) is 1.47. The number of rotatable bonds is 9. The van der Waals surface area contributed by atoms with E-state index < -0.39 is 0 Å². The molecule has 1 amide bonds. The molecule has 3 aromatic rings. The summed E-state index contributed by atoms with van der Waals surface area (Å²) in [5.41, 5.74) is 1.53. The van der Waals surface area contributed by atoms with Crippen molar-refractivity contribution < 1.29 is 9.53 Å². The van der Waals surface area contributed by atoms with Crippen LogP contribution in [0.25, 0.3) is 0 Å². The van der Waals surface area contributed by atoms with Crippen molar-refractivity contribution in [3.05, 3.63) is 77.6 Å². The maximum absolute atomic E-state index is 12.4. The van der Waals surface area contributed by atoms with E-state index in [4.69, 9.17) is 16.3 Å². The molecule has 0 aliphatic heterocycles. The molecule has 0 aliphatic carbocycles. The van der Waals surface area contributed by atoms with Gasteiger partial charge in [0.2, 0.25) is 5.91 Å². The number of nitrogens with one attached hydrogen (secondary N) is 1. The van der Waals surface area contributed by atoms with Crippen LogP contribution in [-0.2, 0) is 11.3 Å². The molecule has 30 heavy (non-hydrogen) atoms. The minimum absolute atomic E-state index is 0.145. The first-order valence-corrected chi connectivity index (χ1v) is 10.8. The first kappa shape index (κ1) is 21.9. The lowest BCUT2D eigenvalue weighted by Crippen LogP contribution is -2.16. The number of nitrogens with zero attached hydrogens (tertiary/aromatic N) is 3. The summed E-state index contributed by atoms with van der Waals surface area (Å²) in [6, 6.07) is 15.0. The molecule has 1 aromatic heterocycles. The van der Waals surface area contributed by atoms with Crippen LogP contribution in [0.1, 0.15) is 24.4 Å². The van der Waals surface area contributed by atoms with Crippen molar-refractivity contribution in [2.45, 2.75) is 31.7 Å². The molecule has 8 heteroatoms. The van der Waals surface area contributed by atoms with E-state index in [-0.39, 0.29) is 17.8 Å². The second-order valence-electron chi connectivity index (χ2n) is 6.56. The molecule has 0 saturated heterocycles. The number of allylic oxidation sites excluding steroid dienone is 1. The molecule has 0 aliphatic rings. The van der Waals surface area contributed by atoms with Gasteiger partial charge in [-0.1, -0.05) is 53.7 Å². The largest absolute Gasteiger partial charge is 0.483 e. The van der Waals surface area contributed by atoms with Crippen LogP contribution >= 0.6 is 23.4 Å². The van der Waals surface area contributed by atoms with Crippen LogP contribution < -0.4 is 10.1 Å². The number of carbonyl (C=O) groups excluding carboxylic acids is 1. The highest BCUT2D eigenvalue weighted by Crippen LogP contribution is 2.26. The first-order valence-electron chi connectivity index (χ1n) is 9.43. The summed E-state index contributed by atoms with van der Waals surface area (Å²) in [6.07, 6.45) is 1.46. The Balaban J connectivity index is 1.67. The van der Waals surface area contributed by atoms with Gasteiger partial charge in [-0.15, -0.1) is 16.8 Å². The molecule has 3 rings (SSSR count). The number of hydrogen-bond acceptors (Lipinski definition) is 5. The lowest BCUT2D eigenvalue weighted by molar-refractivity contribution is -0.113. The van der Waals surface area contributed by atoms with Crippen molar-refractivity contribution in [3.8, 4) is 5.75 Å². The number of hydrogen-bond donors (Lipinski definition) is 1. The third kappa shape index (κ3) is 5.43. The van der Waals surface area contributed by atoms with E-state index in [0.29, 0.717) is 28.2 Å². The van der Waals surface area contributed by atoms with Gasteiger partial charge in [0.15, 0.2) is 17.1 Å². The number of carbonyl (C=O) groups is 1. The predicted octanol–water partition coefficient (Wildman–Crippen LogP) is 5.30. The quantitative estimate of drug-likeness (QED) is 0.360. The van der Waals surface area contributed by atoms with Crippen LogP contribution in [-0.4, -0.2) is 26.4 Å². The fourth-order valence-electron chi connectivity index (χ4n) is 2.82. The van der Waals surface area contributed by atoms with Gasteiger partial charge in [-0.05, 0) is 43.7 Å². The third-order valence-corrected chi connectivity index (χ3v) is 5.73. The van der Waals surface area contributed by atoms with Crippen molar-refractivity contribution >= 4 is 35.0 Å².